The number of halogens is 1. The maximum absolute atomic E-state index is 13.2. The lowest BCUT2D eigenvalue weighted by Crippen LogP contribution is -2.32. The Morgan fingerprint density at radius 3 is 2.48 bits per heavy atom. The molecular weight excluding hydrogens is 345 g/mol. The Labute approximate surface area is 157 Å². The van der Waals surface area contributed by atoms with Crippen molar-refractivity contribution in [3.8, 4) is 0 Å². The van der Waals surface area contributed by atoms with Gasteiger partial charge in [0.15, 0.2) is 5.43 Å². The molecule has 0 aliphatic rings. The molecule has 1 amide bonds. The number of rotatable bonds is 6. The lowest BCUT2D eigenvalue weighted by Gasteiger charge is -2.23. The van der Waals surface area contributed by atoms with Crippen molar-refractivity contribution in [2.45, 2.75) is 33.4 Å². The first kappa shape index (κ1) is 18.8. The molecule has 3 rings (SSSR count). The minimum atomic E-state index is -0.325. The Kier molecular flexibility index (Phi) is 5.69. The lowest BCUT2D eigenvalue weighted by molar-refractivity contribution is -0.133. The predicted octanol–water partition coefficient (Wildman–Crippen LogP) is 4.51. The number of nitrogens with zero attached hydrogens (tertiary/aromatic N) is 1. The largest absolute Gasteiger partial charge is 0.464 e. The van der Waals surface area contributed by atoms with E-state index < -0.39 is 0 Å². The molecule has 140 valence electrons. The summed E-state index contributed by atoms with van der Waals surface area (Å²) < 4.78 is 18.7. The molecule has 0 radical (unpaired) electrons. The van der Waals surface area contributed by atoms with Crippen LogP contribution in [-0.2, 0) is 17.9 Å². The van der Waals surface area contributed by atoms with Crippen molar-refractivity contribution >= 4 is 16.9 Å². The third-order valence-corrected chi connectivity index (χ3v) is 4.33. The van der Waals surface area contributed by atoms with Gasteiger partial charge in [0.05, 0.1) is 23.8 Å². The van der Waals surface area contributed by atoms with Crippen molar-refractivity contribution in [1.29, 1.82) is 0 Å². The van der Waals surface area contributed by atoms with E-state index >= 15 is 0 Å². The van der Waals surface area contributed by atoms with Gasteiger partial charge in [-0.2, -0.15) is 0 Å². The van der Waals surface area contributed by atoms with E-state index in [1.165, 1.54) is 18.4 Å². The van der Waals surface area contributed by atoms with E-state index in [-0.39, 0.29) is 29.6 Å². The molecule has 2 aromatic carbocycles. The number of fused-ring (bicyclic) bond motifs is 1. The Hall–Kier alpha value is -2.95. The fourth-order valence-corrected chi connectivity index (χ4v) is 2.95. The summed E-state index contributed by atoms with van der Waals surface area (Å²) >= 11 is 0. The highest BCUT2D eigenvalue weighted by molar-refractivity contribution is 5.78. The van der Waals surface area contributed by atoms with Crippen LogP contribution in [0.5, 0.6) is 0 Å². The van der Waals surface area contributed by atoms with Crippen molar-refractivity contribution in [2.24, 2.45) is 5.92 Å². The van der Waals surface area contributed by atoms with Crippen LogP contribution >= 0.6 is 0 Å². The Morgan fingerprint density at radius 2 is 1.78 bits per heavy atom. The summed E-state index contributed by atoms with van der Waals surface area (Å²) in [6, 6.07) is 13.1. The lowest BCUT2D eigenvalue weighted by atomic mass is 10.1. The molecule has 0 aliphatic heterocycles. The summed E-state index contributed by atoms with van der Waals surface area (Å²) in [6.45, 7) is 4.39. The molecule has 0 spiro atoms. The van der Waals surface area contributed by atoms with Crippen LogP contribution in [0.3, 0.4) is 0 Å². The zero-order chi connectivity index (χ0) is 19.4. The fraction of sp³-hybridized carbons (Fsp3) is 0.273. The Bertz CT molecular complexity index is 992. The zero-order valence-corrected chi connectivity index (χ0v) is 15.4. The van der Waals surface area contributed by atoms with Crippen LogP contribution in [-0.4, -0.2) is 10.8 Å². The van der Waals surface area contributed by atoms with E-state index in [1.807, 2.05) is 13.8 Å². The second-order valence-electron chi connectivity index (χ2n) is 7.06. The van der Waals surface area contributed by atoms with Crippen molar-refractivity contribution in [1.82, 2.24) is 4.90 Å². The van der Waals surface area contributed by atoms with Gasteiger partial charge < -0.3 is 9.32 Å². The monoisotopic (exact) mass is 367 g/mol. The highest BCUT2D eigenvalue weighted by Gasteiger charge is 2.18. The first-order chi connectivity index (χ1) is 12.9. The first-order valence-electron chi connectivity index (χ1n) is 8.95. The third-order valence-electron chi connectivity index (χ3n) is 4.33. The zero-order valence-electron chi connectivity index (χ0n) is 15.4. The van der Waals surface area contributed by atoms with E-state index in [9.17, 15) is 14.0 Å². The van der Waals surface area contributed by atoms with Gasteiger partial charge in [-0.05, 0) is 35.7 Å². The second-order valence-corrected chi connectivity index (χ2v) is 7.06. The SMILES string of the molecule is CC(C)CC(=O)N(Cc1ccc(F)cc1)Cc1coc2ccccc2c1=O. The predicted molar refractivity (Wildman–Crippen MR) is 103 cm³/mol. The van der Waals surface area contributed by atoms with Crippen LogP contribution in [0.25, 0.3) is 11.0 Å². The second kappa shape index (κ2) is 8.16. The Balaban J connectivity index is 1.90. The van der Waals surface area contributed by atoms with Crippen LogP contribution in [0.4, 0.5) is 4.39 Å². The normalized spacial score (nSPS) is 11.1. The number of carbonyl (C=O) groups is 1. The smallest absolute Gasteiger partial charge is 0.223 e. The molecule has 3 aromatic rings. The fourth-order valence-electron chi connectivity index (χ4n) is 2.95. The molecule has 0 atom stereocenters. The molecule has 5 heteroatoms. The topological polar surface area (TPSA) is 50.5 Å². The summed E-state index contributed by atoms with van der Waals surface area (Å²) in [6.07, 6.45) is 1.80. The average Bonchev–Trinajstić information content (AvgIpc) is 2.64. The summed E-state index contributed by atoms with van der Waals surface area (Å²) in [4.78, 5) is 27.1. The first-order valence-corrected chi connectivity index (χ1v) is 8.95. The standard InChI is InChI=1S/C22H22FNO3/c1-15(2)11-21(25)24(12-16-7-9-18(23)10-8-16)13-17-14-27-20-6-4-3-5-19(20)22(17)26/h3-10,14-15H,11-13H2,1-2H3. The van der Waals surface area contributed by atoms with Crippen molar-refractivity contribution in [3.63, 3.8) is 0 Å². The van der Waals surface area contributed by atoms with Gasteiger partial charge in [-0.25, -0.2) is 4.39 Å². The maximum Gasteiger partial charge on any atom is 0.223 e. The third kappa shape index (κ3) is 4.61. The molecule has 4 nitrogen and oxygen atoms in total. The molecule has 1 heterocycles. The number of carbonyl (C=O) groups excluding carboxylic acids is 1. The van der Waals surface area contributed by atoms with Gasteiger partial charge in [0, 0.05) is 13.0 Å². The minimum Gasteiger partial charge on any atom is -0.464 e. The molecule has 0 unspecified atom stereocenters. The average molecular weight is 367 g/mol. The molecule has 0 aliphatic carbocycles. The van der Waals surface area contributed by atoms with E-state index in [2.05, 4.69) is 0 Å². The molecule has 0 bridgehead atoms. The molecule has 0 N–H and O–H groups in total. The highest BCUT2D eigenvalue weighted by atomic mass is 19.1. The van der Waals surface area contributed by atoms with Gasteiger partial charge in [0.1, 0.15) is 11.4 Å². The van der Waals surface area contributed by atoms with Crippen molar-refractivity contribution < 1.29 is 13.6 Å². The number of hydrogen-bond donors (Lipinski definition) is 0. The summed E-state index contributed by atoms with van der Waals surface area (Å²) in [5.74, 6) is -0.183. The van der Waals surface area contributed by atoms with Gasteiger partial charge in [0.2, 0.25) is 5.91 Å². The summed E-state index contributed by atoms with van der Waals surface area (Å²) in [5, 5.41) is 0.494. The molecule has 0 fully saturated rings. The minimum absolute atomic E-state index is 0.0538. The molecule has 27 heavy (non-hydrogen) atoms. The van der Waals surface area contributed by atoms with E-state index in [0.29, 0.717) is 29.5 Å². The van der Waals surface area contributed by atoms with Crippen LogP contribution in [0, 0.1) is 11.7 Å². The number of benzene rings is 2. The Morgan fingerprint density at radius 1 is 1.07 bits per heavy atom. The van der Waals surface area contributed by atoms with Gasteiger partial charge in [-0.3, -0.25) is 9.59 Å². The van der Waals surface area contributed by atoms with E-state index in [0.717, 1.165) is 5.56 Å². The highest BCUT2D eigenvalue weighted by Crippen LogP contribution is 2.16. The van der Waals surface area contributed by atoms with Crippen LogP contribution < -0.4 is 5.43 Å². The number of hydrogen-bond acceptors (Lipinski definition) is 3. The molecule has 0 saturated heterocycles. The maximum atomic E-state index is 13.2. The number of amides is 1. The van der Waals surface area contributed by atoms with Crippen LogP contribution in [0.1, 0.15) is 31.4 Å². The summed E-state index contributed by atoms with van der Waals surface area (Å²) in [5.41, 5.74) is 1.61. The molecule has 0 saturated carbocycles. The van der Waals surface area contributed by atoms with Gasteiger partial charge in [-0.15, -0.1) is 0 Å². The quantitative estimate of drug-likeness (QED) is 0.644. The van der Waals surface area contributed by atoms with Gasteiger partial charge >= 0.3 is 0 Å². The van der Waals surface area contributed by atoms with Crippen molar-refractivity contribution in [2.75, 3.05) is 0 Å². The van der Waals surface area contributed by atoms with Crippen LogP contribution in [0.2, 0.25) is 0 Å². The number of para-hydroxylation sites is 1. The molecular formula is C22H22FNO3. The van der Waals surface area contributed by atoms with E-state index in [4.69, 9.17) is 4.42 Å². The van der Waals surface area contributed by atoms with Crippen LogP contribution in [0.15, 0.2) is 64.0 Å². The summed E-state index contributed by atoms with van der Waals surface area (Å²) in [7, 11) is 0. The van der Waals surface area contributed by atoms with Crippen molar-refractivity contribution in [3.05, 3.63) is 82.0 Å². The van der Waals surface area contributed by atoms with Gasteiger partial charge in [-0.1, -0.05) is 38.1 Å². The van der Waals surface area contributed by atoms with Gasteiger partial charge in [0.25, 0.3) is 0 Å². The van der Waals surface area contributed by atoms with E-state index in [1.54, 1.807) is 41.3 Å². The molecule has 1 aromatic heterocycles.